The van der Waals surface area contributed by atoms with E-state index in [0.717, 1.165) is 17.5 Å². The number of hydrogen-bond acceptors (Lipinski definition) is 2. The molecule has 0 saturated carbocycles. The number of benzene rings is 1. The Morgan fingerprint density at radius 3 is 2.59 bits per heavy atom. The van der Waals surface area contributed by atoms with Gasteiger partial charge in [-0.2, -0.15) is 0 Å². The lowest BCUT2D eigenvalue weighted by atomic mass is 10.1. The first-order valence-corrected chi connectivity index (χ1v) is 6.22. The van der Waals surface area contributed by atoms with Gasteiger partial charge >= 0.3 is 0 Å². The maximum Gasteiger partial charge on any atom is 0.152 e. The van der Waals surface area contributed by atoms with Crippen molar-refractivity contribution in [3.63, 3.8) is 0 Å². The van der Waals surface area contributed by atoms with E-state index >= 15 is 0 Å². The highest BCUT2D eigenvalue weighted by Gasteiger charge is 2.13. The highest BCUT2D eigenvalue weighted by Crippen LogP contribution is 2.31. The zero-order valence-electron chi connectivity index (χ0n) is 10.1. The number of fused-ring (bicyclic) bond motifs is 1. The predicted molar refractivity (Wildman–Crippen MR) is 72.8 cm³/mol. The van der Waals surface area contributed by atoms with Gasteiger partial charge in [-0.25, -0.2) is 0 Å². The van der Waals surface area contributed by atoms with Crippen LogP contribution < -0.4 is 5.32 Å². The lowest BCUT2D eigenvalue weighted by Gasteiger charge is -2.19. The van der Waals surface area contributed by atoms with Crippen LogP contribution in [0.1, 0.15) is 26.3 Å². The van der Waals surface area contributed by atoms with E-state index in [0.29, 0.717) is 15.6 Å². The second kappa shape index (κ2) is 4.52. The molecule has 0 atom stereocenters. The van der Waals surface area contributed by atoms with Gasteiger partial charge in [-0.05, 0) is 32.9 Å². The molecule has 1 heterocycles. The molecule has 0 aliphatic carbocycles. The number of rotatable bonds is 2. The SMILES string of the molecule is CC(C)(C)NCc1coc2c(Cl)cc(Cl)cc12. The van der Waals surface area contributed by atoms with Crippen molar-refractivity contribution in [2.45, 2.75) is 32.9 Å². The Morgan fingerprint density at radius 2 is 1.94 bits per heavy atom. The van der Waals surface area contributed by atoms with Crippen molar-refractivity contribution in [1.82, 2.24) is 5.32 Å². The van der Waals surface area contributed by atoms with Crippen LogP contribution in [-0.2, 0) is 6.54 Å². The van der Waals surface area contributed by atoms with Crippen molar-refractivity contribution in [3.05, 3.63) is 34.0 Å². The Labute approximate surface area is 111 Å². The second-order valence-electron chi connectivity index (χ2n) is 5.13. The van der Waals surface area contributed by atoms with Crippen molar-refractivity contribution in [3.8, 4) is 0 Å². The Kier molecular flexibility index (Phi) is 3.39. The van der Waals surface area contributed by atoms with Gasteiger partial charge in [-0.15, -0.1) is 0 Å². The first kappa shape index (κ1) is 12.7. The van der Waals surface area contributed by atoms with Gasteiger partial charge in [0.05, 0.1) is 11.3 Å². The molecular formula is C13H15Cl2NO. The van der Waals surface area contributed by atoms with Crippen molar-refractivity contribution >= 4 is 34.2 Å². The van der Waals surface area contributed by atoms with E-state index in [2.05, 4.69) is 26.1 Å². The summed E-state index contributed by atoms with van der Waals surface area (Å²) < 4.78 is 5.47. The zero-order chi connectivity index (χ0) is 12.6. The molecule has 0 saturated heterocycles. The first-order chi connectivity index (χ1) is 7.87. The average Bonchev–Trinajstić information content (AvgIpc) is 2.57. The van der Waals surface area contributed by atoms with Crippen molar-refractivity contribution in [2.75, 3.05) is 0 Å². The lowest BCUT2D eigenvalue weighted by Crippen LogP contribution is -2.34. The molecule has 0 aliphatic rings. The van der Waals surface area contributed by atoms with E-state index in [1.807, 2.05) is 6.07 Å². The molecule has 2 nitrogen and oxygen atoms in total. The minimum atomic E-state index is 0.0615. The molecule has 92 valence electrons. The molecule has 0 radical (unpaired) electrons. The third kappa shape index (κ3) is 2.95. The van der Waals surface area contributed by atoms with Crippen molar-refractivity contribution in [1.29, 1.82) is 0 Å². The summed E-state index contributed by atoms with van der Waals surface area (Å²) in [4.78, 5) is 0. The molecule has 0 aliphatic heterocycles. The summed E-state index contributed by atoms with van der Waals surface area (Å²) in [6.07, 6.45) is 1.73. The van der Waals surface area contributed by atoms with E-state index in [1.165, 1.54) is 0 Å². The molecule has 4 heteroatoms. The topological polar surface area (TPSA) is 25.2 Å². The number of hydrogen-bond donors (Lipinski definition) is 1. The van der Waals surface area contributed by atoms with Crippen LogP contribution in [0.4, 0.5) is 0 Å². The fourth-order valence-corrected chi connectivity index (χ4v) is 2.15. The lowest BCUT2D eigenvalue weighted by molar-refractivity contribution is 0.423. The summed E-state index contributed by atoms with van der Waals surface area (Å²) >= 11 is 12.1. The molecular weight excluding hydrogens is 257 g/mol. The van der Waals surface area contributed by atoms with Gasteiger partial charge in [0.2, 0.25) is 0 Å². The van der Waals surface area contributed by atoms with Crippen molar-refractivity contribution < 1.29 is 4.42 Å². The Balaban J connectivity index is 2.36. The maximum absolute atomic E-state index is 6.07. The molecule has 0 fully saturated rings. The van der Waals surface area contributed by atoms with Gasteiger partial charge in [0, 0.05) is 28.1 Å². The fraction of sp³-hybridized carbons (Fsp3) is 0.385. The average molecular weight is 272 g/mol. The van der Waals surface area contributed by atoms with Crippen LogP contribution in [0.25, 0.3) is 11.0 Å². The molecule has 2 rings (SSSR count). The summed E-state index contributed by atoms with van der Waals surface area (Å²) in [5, 5.41) is 5.56. The van der Waals surface area contributed by atoms with Gasteiger partial charge in [0.25, 0.3) is 0 Å². The zero-order valence-corrected chi connectivity index (χ0v) is 11.6. The monoisotopic (exact) mass is 271 g/mol. The third-order valence-corrected chi connectivity index (χ3v) is 2.98. The molecule has 0 unspecified atom stereocenters. The highest BCUT2D eigenvalue weighted by atomic mass is 35.5. The summed E-state index contributed by atoms with van der Waals surface area (Å²) in [5.74, 6) is 0. The second-order valence-corrected chi connectivity index (χ2v) is 5.97. The molecule has 0 amide bonds. The Morgan fingerprint density at radius 1 is 1.24 bits per heavy atom. The van der Waals surface area contributed by atoms with Gasteiger partial charge < -0.3 is 9.73 Å². The van der Waals surface area contributed by atoms with Crippen LogP contribution in [0.3, 0.4) is 0 Å². The smallest absolute Gasteiger partial charge is 0.152 e. The molecule has 0 spiro atoms. The van der Waals surface area contributed by atoms with Crippen LogP contribution in [0.5, 0.6) is 0 Å². The van der Waals surface area contributed by atoms with Gasteiger partial charge in [0.1, 0.15) is 0 Å². The van der Waals surface area contributed by atoms with Gasteiger partial charge in [-0.1, -0.05) is 23.2 Å². The Hall–Kier alpha value is -0.700. The molecule has 1 aromatic heterocycles. The quantitative estimate of drug-likeness (QED) is 0.862. The van der Waals surface area contributed by atoms with Crippen LogP contribution in [-0.4, -0.2) is 5.54 Å². The van der Waals surface area contributed by atoms with Gasteiger partial charge in [0.15, 0.2) is 5.58 Å². The van der Waals surface area contributed by atoms with E-state index < -0.39 is 0 Å². The maximum atomic E-state index is 6.07. The van der Waals surface area contributed by atoms with Gasteiger partial charge in [-0.3, -0.25) is 0 Å². The van der Waals surface area contributed by atoms with Crippen LogP contribution >= 0.6 is 23.2 Å². The molecule has 1 N–H and O–H groups in total. The normalized spacial score (nSPS) is 12.3. The fourth-order valence-electron chi connectivity index (χ4n) is 1.61. The van der Waals surface area contributed by atoms with Crippen LogP contribution in [0.15, 0.2) is 22.8 Å². The molecule has 1 aromatic carbocycles. The summed E-state index contributed by atoms with van der Waals surface area (Å²) in [6, 6.07) is 3.57. The summed E-state index contributed by atoms with van der Waals surface area (Å²) in [7, 11) is 0. The molecule has 0 bridgehead atoms. The number of furan rings is 1. The number of nitrogens with one attached hydrogen (secondary N) is 1. The van der Waals surface area contributed by atoms with Crippen LogP contribution in [0.2, 0.25) is 10.0 Å². The first-order valence-electron chi connectivity index (χ1n) is 5.47. The number of halogens is 2. The Bertz CT molecular complexity index is 540. The van der Waals surface area contributed by atoms with E-state index in [4.69, 9.17) is 27.6 Å². The van der Waals surface area contributed by atoms with E-state index in [-0.39, 0.29) is 5.54 Å². The largest absolute Gasteiger partial charge is 0.462 e. The van der Waals surface area contributed by atoms with Crippen LogP contribution in [0, 0.1) is 0 Å². The highest BCUT2D eigenvalue weighted by molar-refractivity contribution is 6.38. The summed E-state index contributed by atoms with van der Waals surface area (Å²) in [6.45, 7) is 7.09. The third-order valence-electron chi connectivity index (χ3n) is 2.48. The van der Waals surface area contributed by atoms with E-state index in [9.17, 15) is 0 Å². The standard InChI is InChI=1S/C13H15Cl2NO/c1-13(2,3)16-6-8-7-17-12-10(8)4-9(14)5-11(12)15/h4-5,7,16H,6H2,1-3H3. The molecule has 2 aromatic rings. The summed E-state index contributed by atoms with van der Waals surface area (Å²) in [5.41, 5.74) is 1.83. The predicted octanol–water partition coefficient (Wildman–Crippen LogP) is 4.63. The molecule has 17 heavy (non-hydrogen) atoms. The minimum absolute atomic E-state index is 0.0615. The van der Waals surface area contributed by atoms with Crippen molar-refractivity contribution in [2.24, 2.45) is 0 Å². The minimum Gasteiger partial charge on any atom is -0.462 e. The van der Waals surface area contributed by atoms with E-state index in [1.54, 1.807) is 12.3 Å².